The maximum absolute atomic E-state index is 11.3. The van der Waals surface area contributed by atoms with Crippen LogP contribution in [0.2, 0.25) is 0 Å². The van der Waals surface area contributed by atoms with E-state index in [1.54, 1.807) is 20.2 Å². The zero-order valence-corrected chi connectivity index (χ0v) is 14.2. The van der Waals surface area contributed by atoms with Crippen molar-refractivity contribution in [3.63, 3.8) is 0 Å². The Balaban J connectivity index is 2.48. The second-order valence-electron chi connectivity index (χ2n) is 6.10. The normalized spacial score (nSPS) is 13.6. The molecule has 1 atom stereocenters. The van der Waals surface area contributed by atoms with E-state index < -0.39 is 0 Å². The van der Waals surface area contributed by atoms with Crippen molar-refractivity contribution in [2.45, 2.75) is 39.7 Å². The first-order valence-corrected chi connectivity index (χ1v) is 7.25. The number of aromatic nitrogens is 1. The van der Waals surface area contributed by atoms with Gasteiger partial charge in [0, 0.05) is 19.0 Å². The van der Waals surface area contributed by atoms with E-state index in [-0.39, 0.29) is 17.3 Å². The minimum Gasteiger partial charge on any atom is -0.469 e. The number of methoxy groups -OCH3 is 1. The molecule has 0 radical (unpaired) electrons. The van der Waals surface area contributed by atoms with Crippen LogP contribution in [0, 0.1) is 5.92 Å². The van der Waals surface area contributed by atoms with Gasteiger partial charge < -0.3 is 19.8 Å². The van der Waals surface area contributed by atoms with Gasteiger partial charge in [0.15, 0.2) is 5.96 Å². The molecule has 0 aliphatic carbocycles. The lowest BCUT2D eigenvalue weighted by atomic mass is 9.94. The Morgan fingerprint density at radius 3 is 2.64 bits per heavy atom. The summed E-state index contributed by atoms with van der Waals surface area (Å²) in [6.45, 7) is 8.85. The fourth-order valence-corrected chi connectivity index (χ4v) is 1.65. The van der Waals surface area contributed by atoms with Crippen molar-refractivity contribution in [3.8, 4) is 0 Å². The van der Waals surface area contributed by atoms with Gasteiger partial charge in [-0.05, 0) is 0 Å². The van der Waals surface area contributed by atoms with Gasteiger partial charge in [0.25, 0.3) is 0 Å². The number of hydrogen-bond donors (Lipinski definition) is 2. The molecular weight excluding hydrogens is 284 g/mol. The number of nitrogens with zero attached hydrogens (tertiary/aromatic N) is 2. The minimum absolute atomic E-state index is 0.0683. The van der Waals surface area contributed by atoms with Crippen molar-refractivity contribution in [1.29, 1.82) is 0 Å². The van der Waals surface area contributed by atoms with Gasteiger partial charge in [0.05, 0.1) is 25.8 Å². The molecule has 0 aliphatic rings. The summed E-state index contributed by atoms with van der Waals surface area (Å²) >= 11 is 0. The number of hydrogen-bond acceptors (Lipinski definition) is 5. The first-order valence-electron chi connectivity index (χ1n) is 7.25. The number of esters is 1. The molecule has 1 aromatic rings. The minimum atomic E-state index is -0.259. The molecule has 0 amide bonds. The predicted octanol–water partition coefficient (Wildman–Crippen LogP) is 1.45. The summed E-state index contributed by atoms with van der Waals surface area (Å²) in [5, 5.41) is 6.15. The topological polar surface area (TPSA) is 88.8 Å². The maximum atomic E-state index is 11.3. The number of oxazole rings is 1. The van der Waals surface area contributed by atoms with Crippen LogP contribution in [0.3, 0.4) is 0 Å². The molecule has 22 heavy (non-hydrogen) atoms. The highest BCUT2D eigenvalue weighted by atomic mass is 16.5. The van der Waals surface area contributed by atoms with E-state index >= 15 is 0 Å². The summed E-state index contributed by atoms with van der Waals surface area (Å²) in [4.78, 5) is 19.7. The van der Waals surface area contributed by atoms with Crippen molar-refractivity contribution < 1.29 is 13.9 Å². The molecule has 2 N–H and O–H groups in total. The van der Waals surface area contributed by atoms with Crippen LogP contribution in [-0.4, -0.2) is 37.6 Å². The summed E-state index contributed by atoms with van der Waals surface area (Å²) in [6.07, 6.45) is 1.74. The van der Waals surface area contributed by atoms with Crippen LogP contribution < -0.4 is 10.6 Å². The molecular formula is C15H26N4O3. The highest BCUT2D eigenvalue weighted by Gasteiger charge is 2.19. The third-order valence-corrected chi connectivity index (χ3v) is 3.10. The summed E-state index contributed by atoms with van der Waals surface area (Å²) in [5.41, 5.74) is -0.0683. The van der Waals surface area contributed by atoms with Crippen molar-refractivity contribution >= 4 is 11.9 Å². The Hall–Kier alpha value is -2.05. The Morgan fingerprint density at radius 2 is 2.14 bits per heavy atom. The van der Waals surface area contributed by atoms with Gasteiger partial charge in [-0.3, -0.25) is 9.79 Å². The van der Waals surface area contributed by atoms with E-state index in [4.69, 9.17) is 4.42 Å². The molecule has 0 saturated heterocycles. The number of nitrogens with one attached hydrogen (secondary N) is 2. The maximum Gasteiger partial charge on any atom is 0.310 e. The van der Waals surface area contributed by atoms with Gasteiger partial charge in [-0.25, -0.2) is 4.98 Å². The highest BCUT2D eigenvalue weighted by molar-refractivity contribution is 5.80. The van der Waals surface area contributed by atoms with Gasteiger partial charge in [0.1, 0.15) is 5.76 Å². The monoisotopic (exact) mass is 310 g/mol. The number of rotatable bonds is 5. The molecule has 1 aromatic heterocycles. The van der Waals surface area contributed by atoms with Crippen LogP contribution in [0.4, 0.5) is 0 Å². The van der Waals surface area contributed by atoms with Crippen molar-refractivity contribution in [2.75, 3.05) is 20.7 Å². The molecule has 1 unspecified atom stereocenters. The zero-order valence-electron chi connectivity index (χ0n) is 14.2. The highest BCUT2D eigenvalue weighted by Crippen LogP contribution is 2.22. The summed E-state index contributed by atoms with van der Waals surface area (Å²) < 4.78 is 10.4. The van der Waals surface area contributed by atoms with E-state index in [0.29, 0.717) is 24.9 Å². The predicted molar refractivity (Wildman–Crippen MR) is 84.6 cm³/mol. The number of carbonyl (C=O) groups is 1. The first kappa shape index (κ1) is 18.0. The van der Waals surface area contributed by atoms with Gasteiger partial charge in [0.2, 0.25) is 5.89 Å². The fraction of sp³-hybridized carbons (Fsp3) is 0.667. The van der Waals surface area contributed by atoms with Crippen LogP contribution >= 0.6 is 0 Å². The molecule has 0 bridgehead atoms. The zero-order chi connectivity index (χ0) is 16.8. The van der Waals surface area contributed by atoms with E-state index in [1.165, 1.54) is 7.11 Å². The summed E-state index contributed by atoms with van der Waals surface area (Å²) in [5.74, 6) is 1.50. The van der Waals surface area contributed by atoms with Crippen LogP contribution in [-0.2, 0) is 21.5 Å². The van der Waals surface area contributed by atoms with E-state index in [0.717, 1.165) is 5.76 Å². The molecule has 1 heterocycles. The standard InChI is InChI=1S/C15H26N4O3/c1-10(13(20)21-6)7-18-14(16-5)19-9-12-17-8-11(22-12)15(2,3)4/h8,10H,7,9H2,1-6H3,(H2,16,18,19). The second kappa shape index (κ2) is 7.82. The Bertz CT molecular complexity index is 517. The lowest BCUT2D eigenvalue weighted by molar-refractivity contribution is -0.144. The van der Waals surface area contributed by atoms with Crippen LogP contribution in [0.25, 0.3) is 0 Å². The van der Waals surface area contributed by atoms with Gasteiger partial charge in [-0.2, -0.15) is 0 Å². The van der Waals surface area contributed by atoms with E-state index in [1.807, 2.05) is 0 Å². The van der Waals surface area contributed by atoms with Crippen LogP contribution in [0.5, 0.6) is 0 Å². The van der Waals surface area contributed by atoms with Gasteiger partial charge >= 0.3 is 5.97 Å². The van der Waals surface area contributed by atoms with E-state index in [9.17, 15) is 4.79 Å². The number of aliphatic imine (C=N–C) groups is 1. The van der Waals surface area contributed by atoms with E-state index in [2.05, 4.69) is 46.1 Å². The Labute approximate surface area is 131 Å². The smallest absolute Gasteiger partial charge is 0.310 e. The van der Waals surface area contributed by atoms with Crippen molar-refractivity contribution in [3.05, 3.63) is 17.8 Å². The molecule has 1 rings (SSSR count). The fourth-order valence-electron chi connectivity index (χ4n) is 1.65. The van der Waals surface area contributed by atoms with Gasteiger partial charge in [-0.15, -0.1) is 0 Å². The number of guanidine groups is 1. The molecule has 7 heteroatoms. The lowest BCUT2D eigenvalue weighted by Gasteiger charge is -2.14. The number of carbonyl (C=O) groups excluding carboxylic acids is 1. The first-order chi connectivity index (χ1) is 10.3. The average molecular weight is 310 g/mol. The molecule has 0 aromatic carbocycles. The van der Waals surface area contributed by atoms with Crippen molar-refractivity contribution in [1.82, 2.24) is 15.6 Å². The molecule has 7 nitrogen and oxygen atoms in total. The lowest BCUT2D eigenvalue weighted by Crippen LogP contribution is -2.40. The third kappa shape index (κ3) is 5.38. The summed E-state index contributed by atoms with van der Waals surface area (Å²) in [7, 11) is 3.04. The molecule has 0 aliphatic heterocycles. The number of ether oxygens (including phenoxy) is 1. The Kier molecular flexibility index (Phi) is 6.39. The van der Waals surface area contributed by atoms with Crippen LogP contribution in [0.15, 0.2) is 15.6 Å². The largest absolute Gasteiger partial charge is 0.469 e. The average Bonchev–Trinajstić information content (AvgIpc) is 2.95. The quantitative estimate of drug-likeness (QED) is 0.486. The Morgan fingerprint density at radius 1 is 1.45 bits per heavy atom. The molecule has 0 fully saturated rings. The molecule has 0 spiro atoms. The summed E-state index contributed by atoms with van der Waals surface area (Å²) in [6, 6.07) is 0. The third-order valence-electron chi connectivity index (χ3n) is 3.10. The molecule has 0 saturated carbocycles. The van der Waals surface area contributed by atoms with Crippen LogP contribution in [0.1, 0.15) is 39.3 Å². The van der Waals surface area contributed by atoms with Gasteiger partial charge in [-0.1, -0.05) is 27.7 Å². The SMILES string of the molecule is CN=C(NCc1ncc(C(C)(C)C)o1)NCC(C)C(=O)OC. The molecule has 124 valence electrons. The van der Waals surface area contributed by atoms with Crippen molar-refractivity contribution in [2.24, 2.45) is 10.9 Å². The second-order valence-corrected chi connectivity index (χ2v) is 6.10.